The van der Waals surface area contributed by atoms with Gasteiger partial charge in [0, 0.05) is 22.6 Å². The van der Waals surface area contributed by atoms with E-state index >= 15 is 0 Å². The number of amides is 3. The van der Waals surface area contributed by atoms with Gasteiger partial charge in [0.25, 0.3) is 17.7 Å². The number of hydrogen-bond acceptors (Lipinski definition) is 9. The highest BCUT2D eigenvalue weighted by Gasteiger charge is 2.24. The molecule has 12 aromatic rings. The molecule has 386 valence electrons. The van der Waals surface area contributed by atoms with E-state index in [9.17, 15) is 14.4 Å². The Labute approximate surface area is 454 Å². The number of pyridine rings is 3. The van der Waals surface area contributed by atoms with Crippen LogP contribution in [0, 0.1) is 27.7 Å². The zero-order valence-corrected chi connectivity index (χ0v) is 43.8. The van der Waals surface area contributed by atoms with E-state index in [1.807, 2.05) is 146 Å². The Morgan fingerprint density at radius 2 is 0.810 bits per heavy atom. The van der Waals surface area contributed by atoms with E-state index in [-0.39, 0.29) is 17.7 Å². The van der Waals surface area contributed by atoms with Crippen molar-refractivity contribution in [1.82, 2.24) is 44.3 Å². The molecule has 0 aliphatic rings. The van der Waals surface area contributed by atoms with Gasteiger partial charge in [-0.25, -0.2) is 29.0 Å². The summed E-state index contributed by atoms with van der Waals surface area (Å²) in [5.41, 5.74) is 13.1. The van der Waals surface area contributed by atoms with Crippen molar-refractivity contribution in [2.45, 2.75) is 47.0 Å². The second kappa shape index (κ2) is 21.0. The van der Waals surface area contributed by atoms with E-state index in [4.69, 9.17) is 20.3 Å². The molecule has 15 heteroatoms. The molecule has 6 aromatic carbocycles. The number of nitrogens with one attached hydrogen (secondary N) is 3. The van der Waals surface area contributed by atoms with Crippen LogP contribution in [0.5, 0.6) is 0 Å². The molecular formula is C64H52N12O3. The molecule has 0 fully saturated rings. The monoisotopic (exact) mass is 1040 g/mol. The maximum atomic E-state index is 14.2. The first-order valence-corrected chi connectivity index (χ1v) is 26.0. The molecule has 0 radical (unpaired) electrons. The Bertz CT molecular complexity index is 4360. The Kier molecular flexibility index (Phi) is 13.1. The molecular weight excluding hydrogens is 985 g/mol. The van der Waals surface area contributed by atoms with E-state index in [0.717, 1.165) is 77.6 Å². The largest absolute Gasteiger partial charge is 0.306 e. The van der Waals surface area contributed by atoms with Crippen molar-refractivity contribution in [3.8, 4) is 17.1 Å². The van der Waals surface area contributed by atoms with Gasteiger partial charge in [-0.05, 0) is 135 Å². The summed E-state index contributed by atoms with van der Waals surface area (Å²) in [4.78, 5) is 55.8. The number of aryl methyl sites for hydroxylation is 3. The van der Waals surface area contributed by atoms with Crippen LogP contribution in [0.4, 0.5) is 17.5 Å². The lowest BCUT2D eigenvalue weighted by atomic mass is 9.95. The molecule has 79 heavy (non-hydrogen) atoms. The summed E-state index contributed by atoms with van der Waals surface area (Å²) in [5, 5.41) is 26.4. The molecule has 0 atom stereocenters. The number of benzene rings is 6. The molecule has 0 aliphatic heterocycles. The number of rotatable bonds is 14. The van der Waals surface area contributed by atoms with Crippen molar-refractivity contribution in [2.75, 3.05) is 16.0 Å². The molecule has 6 aromatic heterocycles. The summed E-state index contributed by atoms with van der Waals surface area (Å²) in [6.07, 6.45) is 6.42. The third-order valence-electron chi connectivity index (χ3n) is 14.4. The number of hydrogen-bond donors (Lipinski definition) is 3. The number of aromatic nitrogens is 9. The van der Waals surface area contributed by atoms with Crippen molar-refractivity contribution in [3.63, 3.8) is 0 Å². The first-order valence-electron chi connectivity index (χ1n) is 26.0. The van der Waals surface area contributed by atoms with E-state index in [2.05, 4.69) is 68.4 Å². The van der Waals surface area contributed by atoms with Crippen molar-refractivity contribution >= 4 is 67.9 Å². The van der Waals surface area contributed by atoms with E-state index in [0.29, 0.717) is 70.5 Å². The minimum absolute atomic E-state index is 0.303. The second-order valence-corrected chi connectivity index (χ2v) is 19.6. The first-order chi connectivity index (χ1) is 38.5. The predicted molar refractivity (Wildman–Crippen MR) is 309 cm³/mol. The van der Waals surface area contributed by atoms with Crippen LogP contribution in [-0.2, 0) is 19.3 Å². The Morgan fingerprint density at radius 3 is 1.34 bits per heavy atom. The van der Waals surface area contributed by atoms with Gasteiger partial charge in [-0.15, -0.1) is 0 Å². The third-order valence-corrected chi connectivity index (χ3v) is 14.4. The fourth-order valence-electron chi connectivity index (χ4n) is 10.3. The standard InChI is InChI=1S/C64H52N12O3/c1-39-24-25-46(57(34-39)75-41(3)51(37-66-75)63(78)72-59-32-29-44-15-6-10-21-54(44)69-59)26-27-47-18-13-19-49(61(47)76-42(4)52(38-67-76)64(79)73-60-33-30-45-16-7-11-22-55(45)70-60)35-48-17-8-12-23-56(48)74-40(2)50(36-65-74)62(77)71-58-31-28-43-14-5-9-20-53(43)68-58/h5-25,28-34,36-38H,26-27,35H2,1-4H3,(H,68,71,77)(H,69,72,78)(H,70,73,79). The number of carbonyl (C=O) groups excluding carboxylic acids is 3. The van der Waals surface area contributed by atoms with E-state index in [1.54, 1.807) is 41.5 Å². The molecule has 0 unspecified atom stereocenters. The summed E-state index contributed by atoms with van der Waals surface area (Å²) in [5.74, 6) is 0.388. The Morgan fingerprint density at radius 1 is 0.392 bits per heavy atom. The van der Waals surface area contributed by atoms with Gasteiger partial charge in [-0.2, -0.15) is 15.3 Å². The van der Waals surface area contributed by atoms with Crippen LogP contribution in [-0.4, -0.2) is 62.0 Å². The zero-order chi connectivity index (χ0) is 54.1. The smallest absolute Gasteiger partial charge is 0.260 e. The van der Waals surface area contributed by atoms with Crippen molar-refractivity contribution < 1.29 is 14.4 Å². The maximum absolute atomic E-state index is 14.2. The Balaban J connectivity index is 0.870. The molecule has 15 nitrogen and oxygen atoms in total. The van der Waals surface area contributed by atoms with Crippen molar-refractivity contribution in [1.29, 1.82) is 0 Å². The summed E-state index contributed by atoms with van der Waals surface area (Å²) < 4.78 is 5.50. The normalized spacial score (nSPS) is 11.3. The number of fused-ring (bicyclic) bond motifs is 3. The van der Waals surface area contributed by atoms with Crippen LogP contribution in [0.3, 0.4) is 0 Å². The van der Waals surface area contributed by atoms with Crippen LogP contribution in [0.25, 0.3) is 49.8 Å². The fourth-order valence-corrected chi connectivity index (χ4v) is 10.3. The third kappa shape index (κ3) is 9.88. The van der Waals surface area contributed by atoms with Gasteiger partial charge in [0.05, 0.1) is 86.0 Å². The molecule has 0 aliphatic carbocycles. The van der Waals surface area contributed by atoms with Crippen LogP contribution < -0.4 is 16.0 Å². The molecule has 0 bridgehead atoms. The van der Waals surface area contributed by atoms with Crippen molar-refractivity contribution in [3.05, 3.63) is 250 Å². The van der Waals surface area contributed by atoms with Gasteiger partial charge < -0.3 is 16.0 Å². The topological polar surface area (TPSA) is 179 Å². The lowest BCUT2D eigenvalue weighted by molar-refractivity contribution is 0.101. The highest BCUT2D eigenvalue weighted by Crippen LogP contribution is 2.31. The Hall–Kier alpha value is -10.4. The van der Waals surface area contributed by atoms with Crippen LogP contribution >= 0.6 is 0 Å². The summed E-state index contributed by atoms with van der Waals surface area (Å²) in [6.45, 7) is 7.73. The van der Waals surface area contributed by atoms with E-state index < -0.39 is 0 Å². The number of carbonyl (C=O) groups is 3. The molecule has 0 spiro atoms. The van der Waals surface area contributed by atoms with Gasteiger partial charge in [-0.1, -0.05) is 103 Å². The van der Waals surface area contributed by atoms with E-state index in [1.165, 1.54) is 0 Å². The average Bonchev–Trinajstić information content (AvgIpc) is 4.20. The van der Waals surface area contributed by atoms with Gasteiger partial charge in [-0.3, -0.25) is 14.4 Å². The first kappa shape index (κ1) is 49.5. The fraction of sp³-hybridized carbons (Fsp3) is 0.109. The van der Waals surface area contributed by atoms with Crippen LogP contribution in [0.1, 0.15) is 76.0 Å². The average molecular weight is 1040 g/mol. The van der Waals surface area contributed by atoms with Gasteiger partial charge in [0.15, 0.2) is 0 Å². The molecule has 6 heterocycles. The van der Waals surface area contributed by atoms with Crippen molar-refractivity contribution in [2.24, 2.45) is 0 Å². The molecule has 12 rings (SSSR count). The number of para-hydroxylation sites is 5. The van der Waals surface area contributed by atoms with Crippen LogP contribution in [0.2, 0.25) is 0 Å². The van der Waals surface area contributed by atoms with Gasteiger partial charge in [0.1, 0.15) is 17.5 Å². The lowest BCUT2D eigenvalue weighted by Crippen LogP contribution is -2.15. The predicted octanol–water partition coefficient (Wildman–Crippen LogP) is 12.3. The molecule has 0 saturated carbocycles. The number of nitrogens with zero attached hydrogens (tertiary/aromatic N) is 9. The maximum Gasteiger partial charge on any atom is 0.260 e. The highest BCUT2D eigenvalue weighted by atomic mass is 16.2. The minimum atomic E-state index is -0.332. The van der Waals surface area contributed by atoms with Gasteiger partial charge >= 0.3 is 0 Å². The second-order valence-electron chi connectivity index (χ2n) is 19.6. The molecule has 0 saturated heterocycles. The summed E-state index contributed by atoms with van der Waals surface area (Å²) >= 11 is 0. The number of anilines is 3. The van der Waals surface area contributed by atoms with Crippen LogP contribution in [0.15, 0.2) is 188 Å². The SMILES string of the molecule is Cc1ccc(CCc2cccc(Cc3ccccc3-n3ncc(C(=O)Nc4ccc5ccccc5n4)c3C)c2-n2ncc(C(=O)Nc3ccc4ccccc4n3)c2C)c(-n2ncc(C(=O)Nc3ccc4ccccc4n3)c2C)c1. The zero-order valence-electron chi connectivity index (χ0n) is 43.8. The quantitative estimate of drug-likeness (QED) is 0.0955. The molecule has 3 amide bonds. The lowest BCUT2D eigenvalue weighted by Gasteiger charge is -2.19. The highest BCUT2D eigenvalue weighted by molar-refractivity contribution is 6.06. The summed E-state index contributed by atoms with van der Waals surface area (Å²) in [7, 11) is 0. The van der Waals surface area contributed by atoms with Gasteiger partial charge in [0.2, 0.25) is 0 Å². The minimum Gasteiger partial charge on any atom is -0.306 e. The molecule has 3 N–H and O–H groups in total. The summed E-state index contributed by atoms with van der Waals surface area (Å²) in [6, 6.07) is 55.1.